The lowest BCUT2D eigenvalue weighted by Gasteiger charge is -2.14. The predicted octanol–water partition coefficient (Wildman–Crippen LogP) is 4.35. The predicted molar refractivity (Wildman–Crippen MR) is 103 cm³/mol. The maximum Gasteiger partial charge on any atom is 0.258 e. The highest BCUT2D eigenvalue weighted by atomic mass is 35.5. The van der Waals surface area contributed by atoms with E-state index >= 15 is 0 Å². The number of carbonyl (C=O) groups excluding carboxylic acids is 2. The van der Waals surface area contributed by atoms with E-state index in [1.807, 2.05) is 19.1 Å². The van der Waals surface area contributed by atoms with Gasteiger partial charge in [0.2, 0.25) is 6.04 Å². The Morgan fingerprint density at radius 2 is 1.70 bits per heavy atom. The molecule has 0 aliphatic carbocycles. The summed E-state index contributed by atoms with van der Waals surface area (Å²) in [6.45, 7) is 3.22. The van der Waals surface area contributed by atoms with E-state index in [0.29, 0.717) is 27.9 Å². The van der Waals surface area contributed by atoms with Crippen LogP contribution in [0.1, 0.15) is 12.5 Å². The zero-order valence-corrected chi connectivity index (χ0v) is 16.2. The molecule has 2 aromatic rings. The molecule has 0 spiro atoms. The van der Waals surface area contributed by atoms with Crippen LogP contribution in [0.2, 0.25) is 5.02 Å². The standard InChI is InChI=1S/C19H20ClN3O4/c1-11-5-7-13(8-6-11)22-23-18(12(2)24)19(25)21-15-10-16(26-3)14(20)9-17(15)27-4/h5-10,18H,1-4H3,(H,21,25). The monoisotopic (exact) mass is 389 g/mol. The number of amides is 1. The molecule has 8 heteroatoms. The number of methoxy groups -OCH3 is 2. The van der Waals surface area contributed by atoms with Crippen molar-refractivity contribution in [1.82, 2.24) is 0 Å². The summed E-state index contributed by atoms with van der Waals surface area (Å²) in [5, 5.41) is 10.8. The van der Waals surface area contributed by atoms with E-state index in [1.54, 1.807) is 12.1 Å². The van der Waals surface area contributed by atoms with E-state index in [1.165, 1.54) is 33.3 Å². The quantitative estimate of drug-likeness (QED) is 0.563. The van der Waals surface area contributed by atoms with Gasteiger partial charge in [0.05, 0.1) is 30.6 Å². The van der Waals surface area contributed by atoms with Crippen molar-refractivity contribution >= 4 is 34.7 Å². The minimum atomic E-state index is -1.29. The van der Waals surface area contributed by atoms with Crippen LogP contribution < -0.4 is 14.8 Å². The fourth-order valence-electron chi connectivity index (χ4n) is 2.21. The highest BCUT2D eigenvalue weighted by Crippen LogP contribution is 2.36. The summed E-state index contributed by atoms with van der Waals surface area (Å²) >= 11 is 6.05. The van der Waals surface area contributed by atoms with Gasteiger partial charge < -0.3 is 14.8 Å². The summed E-state index contributed by atoms with van der Waals surface area (Å²) in [4.78, 5) is 24.5. The maximum absolute atomic E-state index is 12.6. The highest BCUT2D eigenvalue weighted by molar-refractivity contribution is 6.32. The van der Waals surface area contributed by atoms with Crippen molar-refractivity contribution in [2.75, 3.05) is 19.5 Å². The van der Waals surface area contributed by atoms with Crippen LogP contribution in [0.15, 0.2) is 46.6 Å². The van der Waals surface area contributed by atoms with Gasteiger partial charge in [-0.25, -0.2) is 0 Å². The number of aryl methyl sites for hydroxylation is 1. The number of anilines is 1. The average Bonchev–Trinajstić information content (AvgIpc) is 2.64. The highest BCUT2D eigenvalue weighted by Gasteiger charge is 2.24. The van der Waals surface area contributed by atoms with Crippen LogP contribution in [0.25, 0.3) is 0 Å². The molecule has 0 aliphatic heterocycles. The van der Waals surface area contributed by atoms with Crippen LogP contribution in [-0.2, 0) is 9.59 Å². The number of nitrogens with zero attached hydrogens (tertiary/aromatic N) is 2. The van der Waals surface area contributed by atoms with Crippen LogP contribution in [0.4, 0.5) is 11.4 Å². The number of hydrogen-bond acceptors (Lipinski definition) is 6. The lowest BCUT2D eigenvalue weighted by Crippen LogP contribution is -2.32. The first kappa shape index (κ1) is 20.4. The Morgan fingerprint density at radius 3 is 2.26 bits per heavy atom. The Morgan fingerprint density at radius 1 is 1.07 bits per heavy atom. The van der Waals surface area contributed by atoms with Crippen LogP contribution in [0.3, 0.4) is 0 Å². The summed E-state index contributed by atoms with van der Waals surface area (Å²) in [6, 6.07) is 8.95. The fraction of sp³-hybridized carbons (Fsp3) is 0.263. The average molecular weight is 390 g/mol. The minimum Gasteiger partial charge on any atom is -0.495 e. The van der Waals surface area contributed by atoms with Gasteiger partial charge in [0, 0.05) is 12.1 Å². The Kier molecular flexibility index (Phi) is 6.90. The van der Waals surface area contributed by atoms with Crippen molar-refractivity contribution in [3.05, 3.63) is 47.0 Å². The van der Waals surface area contributed by atoms with Gasteiger partial charge >= 0.3 is 0 Å². The number of rotatable bonds is 7. The molecule has 27 heavy (non-hydrogen) atoms. The number of Topliss-reactive ketones (excluding diaryl/α,β-unsaturated/α-hetero) is 1. The smallest absolute Gasteiger partial charge is 0.258 e. The topological polar surface area (TPSA) is 89.4 Å². The Balaban J connectivity index is 2.25. The SMILES string of the molecule is COc1cc(NC(=O)C(N=Nc2ccc(C)cc2)C(C)=O)c(OC)cc1Cl. The zero-order chi connectivity index (χ0) is 20.0. The van der Waals surface area contributed by atoms with E-state index in [0.717, 1.165) is 5.56 Å². The van der Waals surface area contributed by atoms with Crippen LogP contribution in [-0.4, -0.2) is 32.0 Å². The molecular formula is C19H20ClN3O4. The first-order valence-corrected chi connectivity index (χ1v) is 8.44. The number of carbonyl (C=O) groups is 2. The molecule has 0 heterocycles. The number of azo groups is 1. The third-order valence-corrected chi connectivity index (χ3v) is 3.98. The normalized spacial score (nSPS) is 11.9. The number of hydrogen-bond donors (Lipinski definition) is 1. The molecular weight excluding hydrogens is 370 g/mol. The van der Waals surface area contributed by atoms with Gasteiger partial charge in [-0.2, -0.15) is 10.2 Å². The van der Waals surface area contributed by atoms with Crippen molar-refractivity contribution < 1.29 is 19.1 Å². The molecule has 0 radical (unpaired) electrons. The zero-order valence-electron chi connectivity index (χ0n) is 15.4. The van der Waals surface area contributed by atoms with E-state index in [4.69, 9.17) is 21.1 Å². The molecule has 1 atom stereocenters. The fourth-order valence-corrected chi connectivity index (χ4v) is 2.44. The van der Waals surface area contributed by atoms with E-state index < -0.39 is 17.7 Å². The van der Waals surface area contributed by atoms with Crippen molar-refractivity contribution in [2.45, 2.75) is 19.9 Å². The number of nitrogens with one attached hydrogen (secondary N) is 1. The summed E-state index contributed by atoms with van der Waals surface area (Å²) in [5.41, 5.74) is 1.92. The number of halogens is 1. The Labute approximate surface area is 162 Å². The largest absolute Gasteiger partial charge is 0.495 e. The molecule has 2 rings (SSSR count). The van der Waals surface area contributed by atoms with Gasteiger partial charge in [-0.1, -0.05) is 29.3 Å². The second kappa shape index (κ2) is 9.14. The molecule has 0 saturated carbocycles. The van der Waals surface area contributed by atoms with Gasteiger partial charge in [0.1, 0.15) is 11.5 Å². The Hall–Kier alpha value is -2.93. The molecule has 1 unspecified atom stereocenters. The molecule has 0 bridgehead atoms. The lowest BCUT2D eigenvalue weighted by molar-refractivity contribution is -0.126. The van der Waals surface area contributed by atoms with Gasteiger partial charge in [-0.05, 0) is 26.0 Å². The molecule has 0 aliphatic rings. The summed E-state index contributed by atoms with van der Waals surface area (Å²) < 4.78 is 10.4. The molecule has 142 valence electrons. The van der Waals surface area contributed by atoms with E-state index in [9.17, 15) is 9.59 Å². The molecule has 1 N–H and O–H groups in total. The van der Waals surface area contributed by atoms with Crippen LogP contribution in [0.5, 0.6) is 11.5 Å². The van der Waals surface area contributed by atoms with Crippen molar-refractivity contribution in [3.63, 3.8) is 0 Å². The van der Waals surface area contributed by atoms with Gasteiger partial charge in [0.15, 0.2) is 5.78 Å². The Bertz CT molecular complexity index is 866. The van der Waals surface area contributed by atoms with E-state index in [2.05, 4.69) is 15.5 Å². The number of ether oxygens (including phenoxy) is 2. The van der Waals surface area contributed by atoms with Crippen LogP contribution in [0, 0.1) is 6.92 Å². The van der Waals surface area contributed by atoms with Gasteiger partial charge in [-0.15, -0.1) is 0 Å². The molecule has 1 amide bonds. The molecule has 0 saturated heterocycles. The lowest BCUT2D eigenvalue weighted by atomic mass is 10.2. The van der Waals surface area contributed by atoms with E-state index in [-0.39, 0.29) is 0 Å². The minimum absolute atomic E-state index is 0.306. The first-order chi connectivity index (χ1) is 12.8. The van der Waals surface area contributed by atoms with Crippen molar-refractivity contribution in [3.8, 4) is 11.5 Å². The number of benzene rings is 2. The maximum atomic E-state index is 12.6. The van der Waals surface area contributed by atoms with Crippen LogP contribution >= 0.6 is 11.6 Å². The second-order valence-corrected chi connectivity index (χ2v) is 6.15. The molecule has 7 nitrogen and oxygen atoms in total. The van der Waals surface area contributed by atoms with Gasteiger partial charge in [-0.3, -0.25) is 9.59 Å². The third kappa shape index (κ3) is 5.27. The van der Waals surface area contributed by atoms with Crippen molar-refractivity contribution in [1.29, 1.82) is 0 Å². The molecule has 0 aromatic heterocycles. The van der Waals surface area contributed by atoms with Gasteiger partial charge in [0.25, 0.3) is 5.91 Å². The third-order valence-electron chi connectivity index (χ3n) is 3.69. The summed E-state index contributed by atoms with van der Waals surface area (Å²) in [7, 11) is 2.89. The molecule has 2 aromatic carbocycles. The summed E-state index contributed by atoms with van der Waals surface area (Å²) in [6.07, 6.45) is 0. The second-order valence-electron chi connectivity index (χ2n) is 5.74. The molecule has 0 fully saturated rings. The van der Waals surface area contributed by atoms with Crippen molar-refractivity contribution in [2.24, 2.45) is 10.2 Å². The summed E-state index contributed by atoms with van der Waals surface area (Å²) in [5.74, 6) is -0.398. The first-order valence-electron chi connectivity index (χ1n) is 8.06. The number of ketones is 1.